The second-order valence-corrected chi connectivity index (χ2v) is 30.7. The summed E-state index contributed by atoms with van der Waals surface area (Å²) in [4.78, 5) is 0. The van der Waals surface area contributed by atoms with Gasteiger partial charge in [-0.05, 0) is 324 Å². The molecule has 514 valence electrons. The molecular formula is C110H74. The molecule has 0 aliphatic heterocycles. The number of rotatable bonds is 12. The average molecular weight is 1400 g/mol. The van der Waals surface area contributed by atoms with Gasteiger partial charge in [0.05, 0.1) is 0 Å². The Hall–Kier alpha value is -13.3. The molecule has 110 heavy (non-hydrogen) atoms. The van der Waals surface area contributed by atoms with Gasteiger partial charge in [0.2, 0.25) is 0 Å². The molecule has 0 fully saturated rings. The summed E-state index contributed by atoms with van der Waals surface area (Å²) in [6.07, 6.45) is 3.62. The van der Waals surface area contributed by atoms with Crippen LogP contribution in [0.5, 0.6) is 0 Å². The Bertz CT molecular complexity index is 7260. The molecule has 19 aromatic rings. The number of hydrogen-bond acceptors (Lipinski definition) is 0. The van der Waals surface area contributed by atoms with Crippen LogP contribution in [0.1, 0.15) is 49.9 Å². The fourth-order valence-electron chi connectivity index (χ4n) is 21.2. The zero-order valence-electron chi connectivity index (χ0n) is 62.0. The molecule has 4 aliphatic carbocycles. The highest BCUT2D eigenvalue weighted by Crippen LogP contribution is 2.64. The van der Waals surface area contributed by atoms with Gasteiger partial charge in [0.25, 0.3) is 0 Å². The van der Waals surface area contributed by atoms with Crippen LogP contribution in [0.3, 0.4) is 0 Å². The molecule has 4 aliphatic rings. The van der Waals surface area contributed by atoms with Crippen molar-refractivity contribution in [3.05, 3.63) is 392 Å². The fraction of sp³-hybridized carbons (Fsp3) is 0.0727. The molecule has 0 bridgehead atoms. The Morgan fingerprint density at radius 2 is 0.382 bits per heavy atom. The highest BCUT2D eigenvalue weighted by Gasteiger charge is 2.38. The first-order valence-corrected chi connectivity index (χ1v) is 39.6. The van der Waals surface area contributed by atoms with Gasteiger partial charge >= 0.3 is 0 Å². The van der Waals surface area contributed by atoms with Crippen molar-refractivity contribution >= 4 is 64.6 Å². The third-order valence-electron chi connectivity index (χ3n) is 25.5. The maximum absolute atomic E-state index is 2.66. The Morgan fingerprint density at radius 3 is 0.655 bits per heavy atom. The minimum atomic E-state index is 0.905. The maximum Gasteiger partial charge on any atom is -0.000740 e. The topological polar surface area (TPSA) is 0 Å². The maximum atomic E-state index is 2.66. The quantitative estimate of drug-likeness (QED) is 0.107. The van der Waals surface area contributed by atoms with E-state index in [1.54, 1.807) is 0 Å². The van der Waals surface area contributed by atoms with Crippen molar-refractivity contribution in [2.24, 2.45) is 0 Å². The third kappa shape index (κ3) is 8.62. The van der Waals surface area contributed by atoms with Gasteiger partial charge < -0.3 is 0 Å². The highest BCUT2D eigenvalue weighted by atomic mass is 14.4. The predicted molar refractivity (Wildman–Crippen MR) is 465 cm³/mol. The van der Waals surface area contributed by atoms with E-state index in [1.807, 2.05) is 0 Å². The van der Waals surface area contributed by atoms with E-state index in [4.69, 9.17) is 0 Å². The first kappa shape index (κ1) is 62.9. The van der Waals surface area contributed by atoms with Crippen LogP contribution >= 0.6 is 0 Å². The van der Waals surface area contributed by atoms with Gasteiger partial charge in [-0.3, -0.25) is 0 Å². The molecule has 0 heterocycles. The van der Waals surface area contributed by atoms with Crippen molar-refractivity contribution in [3.63, 3.8) is 0 Å². The minimum Gasteiger partial charge on any atom is -0.0622 e. The fourth-order valence-corrected chi connectivity index (χ4v) is 21.2. The van der Waals surface area contributed by atoms with Crippen LogP contribution in [0.4, 0.5) is 0 Å². The van der Waals surface area contributed by atoms with E-state index in [1.165, 1.54) is 262 Å². The molecule has 0 saturated heterocycles. The molecule has 0 nitrogen and oxygen atoms in total. The van der Waals surface area contributed by atoms with Gasteiger partial charge in [-0.2, -0.15) is 0 Å². The molecule has 0 radical (unpaired) electrons. The van der Waals surface area contributed by atoms with Crippen LogP contribution in [-0.4, -0.2) is 0 Å². The first-order valence-electron chi connectivity index (χ1n) is 39.6. The van der Waals surface area contributed by atoms with Gasteiger partial charge in [0.1, 0.15) is 0 Å². The zero-order valence-corrected chi connectivity index (χ0v) is 62.0. The molecule has 0 amide bonds. The van der Waals surface area contributed by atoms with Crippen molar-refractivity contribution in [3.8, 4) is 134 Å². The normalized spacial score (nSPS) is 12.3. The lowest BCUT2D eigenvalue weighted by atomic mass is 9.79. The standard InChI is InChI=1S/C110H74/c1-5-71-87-57-83(63-33-17-9-18-34-63)84(64-35-19-10-20-36-64)58-88(87)72(6-2)100-76-50-54-80-105-79(53-49-75(99(71)100)103(76)105)107-95(67-41-25-13-26-42-67)91-61-93-94(62-92(91)96(108(80)107)68-43-27-14-28-44-68)98(70-47-31-16-32-48-70)110-82-56-52-78-102-74(8-4)90-60-86(66-39-23-12-24-40-66)85(65-37-21-11-22-38-65)59-89(90)73(7-3)101(102)77-51-55-81(106(82)104(77)78)109(110)97(93)69-45-29-15-30-46-69/h9-62H,5-8H2,1-4H3. The van der Waals surface area contributed by atoms with Crippen LogP contribution in [0, 0.1) is 41.7 Å². The molecule has 0 unspecified atom stereocenters. The van der Waals surface area contributed by atoms with Crippen LogP contribution in [0.15, 0.2) is 328 Å². The van der Waals surface area contributed by atoms with Gasteiger partial charge in [-0.25, -0.2) is 0 Å². The van der Waals surface area contributed by atoms with E-state index < -0.39 is 0 Å². The van der Waals surface area contributed by atoms with E-state index in [2.05, 4.69) is 355 Å². The monoisotopic (exact) mass is 1390 g/mol. The summed E-state index contributed by atoms with van der Waals surface area (Å²) >= 11 is 0. The summed E-state index contributed by atoms with van der Waals surface area (Å²) in [5, 5.41) is 26.7. The van der Waals surface area contributed by atoms with E-state index in [0.717, 1.165) is 25.7 Å². The summed E-state index contributed by atoms with van der Waals surface area (Å²) < 4.78 is 0. The lowest BCUT2D eigenvalue weighted by Gasteiger charge is -2.23. The number of benzene rings is 19. The van der Waals surface area contributed by atoms with Crippen LogP contribution in [0.25, 0.3) is 198 Å². The summed E-state index contributed by atoms with van der Waals surface area (Å²) in [6.45, 7) is 9.53. The largest absolute Gasteiger partial charge is 0.0622 e. The molecule has 0 atom stereocenters. The van der Waals surface area contributed by atoms with Crippen molar-refractivity contribution in [2.45, 2.75) is 53.4 Å². The lowest BCUT2D eigenvalue weighted by Crippen LogP contribution is -1.99. The van der Waals surface area contributed by atoms with Crippen LogP contribution in [0.2, 0.25) is 0 Å². The van der Waals surface area contributed by atoms with Crippen molar-refractivity contribution in [1.82, 2.24) is 0 Å². The minimum absolute atomic E-state index is 0.905. The van der Waals surface area contributed by atoms with E-state index in [0.29, 0.717) is 0 Å². The molecular weight excluding hydrogens is 1320 g/mol. The number of aryl methyl sites for hydroxylation is 4. The Balaban J connectivity index is 0.859. The average Bonchev–Trinajstić information content (AvgIpc) is 1.51. The predicted octanol–water partition coefficient (Wildman–Crippen LogP) is 29.3. The van der Waals surface area contributed by atoms with Crippen molar-refractivity contribution in [2.75, 3.05) is 0 Å². The summed E-state index contributed by atoms with van der Waals surface area (Å²) in [5.41, 5.74) is 36.5. The molecule has 19 aromatic carbocycles. The molecule has 0 heteroatoms. The Labute approximate surface area is 638 Å². The second kappa shape index (κ2) is 24.1. The van der Waals surface area contributed by atoms with E-state index >= 15 is 0 Å². The highest BCUT2D eigenvalue weighted by molar-refractivity contribution is 6.34. The molecule has 0 N–H and O–H groups in total. The third-order valence-corrected chi connectivity index (χ3v) is 25.5. The van der Waals surface area contributed by atoms with Crippen LogP contribution in [-0.2, 0) is 25.7 Å². The molecule has 23 rings (SSSR count). The first-order chi connectivity index (χ1) is 54.5. The van der Waals surface area contributed by atoms with Gasteiger partial charge in [-0.1, -0.05) is 319 Å². The number of fused-ring (bicyclic) bond motifs is 12. The number of hydrogen-bond donors (Lipinski definition) is 0. The van der Waals surface area contributed by atoms with Crippen LogP contribution < -0.4 is 0 Å². The summed E-state index contributed by atoms with van der Waals surface area (Å²) in [7, 11) is 0. The summed E-state index contributed by atoms with van der Waals surface area (Å²) in [6, 6.07) is 126. The molecule has 0 saturated carbocycles. The van der Waals surface area contributed by atoms with Gasteiger partial charge in [0, 0.05) is 0 Å². The lowest BCUT2D eigenvalue weighted by molar-refractivity contribution is 1.09. The van der Waals surface area contributed by atoms with Crippen molar-refractivity contribution < 1.29 is 0 Å². The molecule has 0 spiro atoms. The van der Waals surface area contributed by atoms with Crippen molar-refractivity contribution in [1.29, 1.82) is 0 Å². The van der Waals surface area contributed by atoms with E-state index in [9.17, 15) is 0 Å². The zero-order chi connectivity index (χ0) is 72.7. The summed E-state index contributed by atoms with van der Waals surface area (Å²) in [5.74, 6) is 0. The Morgan fingerprint density at radius 1 is 0.155 bits per heavy atom. The van der Waals surface area contributed by atoms with Gasteiger partial charge in [0.15, 0.2) is 0 Å². The SMILES string of the molecule is CCc1c2c(c(CC)c3cc(-c4ccccc4)c(-c4ccccc4)cc13)-c1ccc3c4c(ccc-2c14)-c1c-3c(-c2ccccc2)c2cc3c(-c4ccccc4)c4c(c(-c5ccccc5)c3cc2c1-c1ccccc1)=c1ccc2c3c(ccc=4c13)=c1c(CC)c3cc(-c4ccccc4)c(-c4ccccc4)cc3c(CC)c1=2. The van der Waals surface area contributed by atoms with E-state index in [-0.39, 0.29) is 0 Å². The smallest absolute Gasteiger partial charge is 0.000740 e. The second-order valence-electron chi connectivity index (χ2n) is 30.7. The Kier molecular flexibility index (Phi) is 13.8. The molecule has 0 aromatic heterocycles. The van der Waals surface area contributed by atoms with Gasteiger partial charge in [-0.15, -0.1) is 0 Å².